The molecule has 0 radical (unpaired) electrons. The summed E-state index contributed by atoms with van der Waals surface area (Å²) < 4.78 is 57.7. The molecule has 0 bridgehead atoms. The fourth-order valence-corrected chi connectivity index (χ4v) is 5.50. The predicted molar refractivity (Wildman–Crippen MR) is 154 cm³/mol. The summed E-state index contributed by atoms with van der Waals surface area (Å²) in [6, 6.07) is 9.95. The highest BCUT2D eigenvalue weighted by Gasteiger charge is 2.24. The second-order valence-electron chi connectivity index (χ2n) is 9.58. The first-order valence-electron chi connectivity index (χ1n) is 14.0. The van der Waals surface area contributed by atoms with Crippen molar-refractivity contribution in [2.45, 2.75) is 69.6 Å². The van der Waals surface area contributed by atoms with E-state index in [4.69, 9.17) is 20.5 Å². The molecule has 4 rings (SSSR count). The number of sulfone groups is 1. The molecule has 1 saturated heterocycles. The lowest BCUT2D eigenvalue weighted by Crippen LogP contribution is -2.27. The molecule has 0 amide bonds. The fourth-order valence-electron chi connectivity index (χ4n) is 4.26. The molecule has 1 aliphatic rings. The average Bonchev–Trinajstić information content (AvgIpc) is 2.86. The van der Waals surface area contributed by atoms with E-state index in [1.54, 1.807) is 32.0 Å². The molecule has 204 valence electrons. The number of aryl methyl sites for hydroxylation is 1. The van der Waals surface area contributed by atoms with Crippen molar-refractivity contribution in [2.24, 2.45) is 0 Å². The van der Waals surface area contributed by atoms with Crippen LogP contribution in [-0.2, 0) is 9.84 Å². The number of benzene rings is 2. The molecule has 0 atom stereocenters. The molecule has 8 nitrogen and oxygen atoms in total. The third kappa shape index (κ3) is 6.39. The number of halogens is 1. The molecular formula is C28H36ClN5O3S. The lowest BCUT2D eigenvalue weighted by atomic mass is 9.87. The molecule has 0 aliphatic carbocycles. The van der Waals surface area contributed by atoms with Gasteiger partial charge in [-0.25, -0.2) is 13.4 Å². The van der Waals surface area contributed by atoms with Crippen LogP contribution in [0.5, 0.6) is 5.75 Å². The molecule has 0 saturated carbocycles. The Morgan fingerprint density at radius 3 is 2.53 bits per heavy atom. The van der Waals surface area contributed by atoms with E-state index in [1.807, 2.05) is 19.1 Å². The van der Waals surface area contributed by atoms with Crippen LogP contribution in [0.2, 0.25) is 5.02 Å². The smallest absolute Gasteiger partial charge is 0.229 e. The lowest BCUT2D eigenvalue weighted by molar-refractivity contribution is 0.243. The van der Waals surface area contributed by atoms with Crippen LogP contribution < -0.4 is 20.7 Å². The van der Waals surface area contributed by atoms with E-state index in [0.717, 1.165) is 24.2 Å². The number of rotatable bonds is 9. The summed E-state index contributed by atoms with van der Waals surface area (Å²) in [7, 11) is -4.00. The summed E-state index contributed by atoms with van der Waals surface area (Å²) in [5.74, 6) is -0.0721. The zero-order chi connectivity index (χ0) is 30.2. The predicted octanol–water partition coefficient (Wildman–Crippen LogP) is 6.36. The zero-order valence-corrected chi connectivity index (χ0v) is 23.8. The molecule has 2 aromatic carbocycles. The van der Waals surface area contributed by atoms with E-state index >= 15 is 0 Å². The summed E-state index contributed by atoms with van der Waals surface area (Å²) >= 11 is 6.39. The third-order valence-electron chi connectivity index (χ3n) is 6.19. The van der Waals surface area contributed by atoms with Crippen LogP contribution in [0.1, 0.15) is 61.7 Å². The van der Waals surface area contributed by atoms with Gasteiger partial charge in [0.05, 0.1) is 35.1 Å². The van der Waals surface area contributed by atoms with E-state index in [9.17, 15) is 8.42 Å². The van der Waals surface area contributed by atoms with E-state index in [-0.39, 0.29) is 27.4 Å². The van der Waals surface area contributed by atoms with Crippen LogP contribution in [0.3, 0.4) is 0 Å². The Bertz CT molecular complexity index is 1540. The van der Waals surface area contributed by atoms with Crippen molar-refractivity contribution in [3.05, 3.63) is 58.7 Å². The fraction of sp³-hybridized carbons (Fsp3) is 0.429. The van der Waals surface area contributed by atoms with Gasteiger partial charge in [0.15, 0.2) is 15.7 Å². The van der Waals surface area contributed by atoms with Crippen molar-refractivity contribution < 1.29 is 17.3 Å². The second-order valence-corrected chi connectivity index (χ2v) is 12.2. The maximum absolute atomic E-state index is 13.1. The first kappa shape index (κ1) is 24.2. The number of hydrogen-bond acceptors (Lipinski definition) is 8. The first-order valence-corrected chi connectivity index (χ1v) is 14.3. The summed E-state index contributed by atoms with van der Waals surface area (Å²) in [6.45, 7) is 9.33. The summed E-state index contributed by atoms with van der Waals surface area (Å²) in [5, 5.41) is 7.84. The number of anilines is 4. The van der Waals surface area contributed by atoms with Crippen LogP contribution in [0.15, 0.2) is 47.5 Å². The number of nitrogens with one attached hydrogen (secondary N) is 3. The summed E-state index contributed by atoms with van der Waals surface area (Å²) in [4.78, 5) is 8.73. The molecule has 10 heteroatoms. The number of ether oxygens (including phenoxy) is 1. The highest BCUT2D eigenvalue weighted by molar-refractivity contribution is 7.92. The molecule has 1 aliphatic heterocycles. The Labute approximate surface area is 234 Å². The van der Waals surface area contributed by atoms with Gasteiger partial charge in [0.1, 0.15) is 10.8 Å². The molecule has 1 aromatic heterocycles. The molecule has 1 fully saturated rings. The molecule has 0 spiro atoms. The van der Waals surface area contributed by atoms with Crippen molar-refractivity contribution in [1.82, 2.24) is 15.3 Å². The van der Waals surface area contributed by atoms with Crippen LogP contribution >= 0.6 is 11.6 Å². The highest BCUT2D eigenvalue weighted by atomic mass is 35.5. The Balaban J connectivity index is 1.71. The molecule has 2 heterocycles. The van der Waals surface area contributed by atoms with Gasteiger partial charge in [0.2, 0.25) is 5.95 Å². The number of nitrogens with zero attached hydrogens (tertiary/aromatic N) is 2. The average molecular weight is 561 g/mol. The standard InChI is InChI=1S/C28H36ClN5O3S/c1-17(2)37-25-15-21(20-10-12-30-13-11-20)19(5)14-24(25)33-28-31-16-22(29)27(34-28)32-23-8-6-7-9-26(23)38(35,36)18(3)4/h6-9,14-18,20,30H,10-13H2,1-5H3,(H2,31,32,33,34)/i17D,18D,20D. The van der Waals surface area contributed by atoms with Gasteiger partial charge in [-0.2, -0.15) is 4.98 Å². The van der Waals surface area contributed by atoms with Crippen molar-refractivity contribution in [2.75, 3.05) is 23.7 Å². The number of hydrogen-bond donors (Lipinski definition) is 3. The van der Waals surface area contributed by atoms with E-state index in [2.05, 4.69) is 25.9 Å². The van der Waals surface area contributed by atoms with E-state index in [0.29, 0.717) is 24.3 Å². The third-order valence-corrected chi connectivity index (χ3v) is 8.47. The van der Waals surface area contributed by atoms with Gasteiger partial charge in [-0.05, 0) is 102 Å². The topological polar surface area (TPSA) is 105 Å². The molecule has 3 N–H and O–H groups in total. The monoisotopic (exact) mass is 560 g/mol. The van der Waals surface area contributed by atoms with Crippen molar-refractivity contribution in [3.8, 4) is 5.75 Å². The summed E-state index contributed by atoms with van der Waals surface area (Å²) in [5.41, 5.74) is 2.47. The largest absolute Gasteiger partial charge is 0.489 e. The second kappa shape index (κ2) is 11.9. The molecule has 0 unspecified atom stereocenters. The Morgan fingerprint density at radius 2 is 1.84 bits per heavy atom. The van der Waals surface area contributed by atoms with Gasteiger partial charge >= 0.3 is 0 Å². The van der Waals surface area contributed by atoms with Gasteiger partial charge in [0.25, 0.3) is 0 Å². The lowest BCUT2D eigenvalue weighted by Gasteiger charge is -2.26. The van der Waals surface area contributed by atoms with Crippen LogP contribution in [-0.4, -0.2) is 42.8 Å². The van der Waals surface area contributed by atoms with E-state index in [1.165, 1.54) is 26.1 Å². The van der Waals surface area contributed by atoms with Gasteiger partial charge in [0, 0.05) is 2.74 Å². The summed E-state index contributed by atoms with van der Waals surface area (Å²) in [6.07, 6.45) is 1.46. The minimum atomic E-state index is -4.00. The quantitative estimate of drug-likeness (QED) is 0.277. The minimum Gasteiger partial charge on any atom is -0.489 e. The van der Waals surface area contributed by atoms with E-state index < -0.39 is 27.0 Å². The van der Waals surface area contributed by atoms with Crippen LogP contribution in [0, 0.1) is 6.92 Å². The molecular weight excluding hydrogens is 522 g/mol. The zero-order valence-electron chi connectivity index (χ0n) is 25.3. The Kier molecular flexibility index (Phi) is 7.56. The maximum Gasteiger partial charge on any atom is 0.229 e. The van der Waals surface area contributed by atoms with Crippen LogP contribution in [0.25, 0.3) is 0 Å². The SMILES string of the molecule is [2H]C(C)(C)Oc1cc(C2([2H])CCNCC2)c(C)cc1Nc1ncc(Cl)c(Nc2ccccc2S(=O)(=O)C([2H])(C)C)n1. The van der Waals surface area contributed by atoms with Gasteiger partial charge < -0.3 is 20.7 Å². The van der Waals surface area contributed by atoms with Crippen molar-refractivity contribution in [3.63, 3.8) is 0 Å². The Hall–Kier alpha value is -2.88. The number of aromatic nitrogens is 2. The minimum absolute atomic E-state index is 0.0500. The maximum atomic E-state index is 13.1. The van der Waals surface area contributed by atoms with Crippen molar-refractivity contribution in [1.29, 1.82) is 0 Å². The van der Waals surface area contributed by atoms with Gasteiger partial charge in [-0.1, -0.05) is 23.7 Å². The first-order chi connectivity index (χ1) is 19.0. The number of para-hydroxylation sites is 1. The van der Waals surface area contributed by atoms with Crippen molar-refractivity contribution >= 4 is 44.6 Å². The highest BCUT2D eigenvalue weighted by Crippen LogP contribution is 2.37. The molecule has 3 aromatic rings. The number of piperidine rings is 1. The molecule has 38 heavy (non-hydrogen) atoms. The van der Waals surface area contributed by atoms with Gasteiger partial charge in [-0.3, -0.25) is 0 Å². The Morgan fingerprint density at radius 1 is 1.13 bits per heavy atom. The van der Waals surface area contributed by atoms with Crippen LogP contribution in [0.4, 0.5) is 23.1 Å². The van der Waals surface area contributed by atoms with Gasteiger partial charge in [-0.15, -0.1) is 0 Å². The normalized spacial score (nSPS) is 17.2.